The normalized spacial score (nSPS) is 16.3. The van der Waals surface area contributed by atoms with Crippen molar-refractivity contribution in [2.45, 2.75) is 0 Å². The summed E-state index contributed by atoms with van der Waals surface area (Å²) >= 11 is 9.72. The van der Waals surface area contributed by atoms with Crippen molar-refractivity contribution in [1.82, 2.24) is 5.01 Å². The van der Waals surface area contributed by atoms with Gasteiger partial charge in [0, 0.05) is 10.7 Å². The van der Waals surface area contributed by atoms with Crippen molar-refractivity contribution in [3.05, 3.63) is 73.3 Å². The monoisotopic (exact) mass is 463 g/mol. The lowest BCUT2D eigenvalue weighted by atomic mass is 10.2. The molecule has 0 saturated carbocycles. The molecule has 1 aliphatic rings. The number of furan rings is 1. The Morgan fingerprint density at radius 2 is 2.00 bits per heavy atom. The maximum absolute atomic E-state index is 12.4. The van der Waals surface area contributed by atoms with Crippen molar-refractivity contribution in [3.8, 4) is 0 Å². The number of carbonyl (C=O) groups is 1. The SMILES string of the molecule is O=C1/C(=C\c2ccc(Br)cc2)SC(=S)N1/N=C/C=C/c1ccc([N+](=O)[O-])o1. The maximum Gasteiger partial charge on any atom is 0.433 e. The first kappa shape index (κ1) is 19.2. The molecule has 2 heterocycles. The first-order valence-electron chi connectivity index (χ1n) is 7.42. The van der Waals surface area contributed by atoms with Crippen LogP contribution in [0.1, 0.15) is 11.3 Å². The average molecular weight is 464 g/mol. The third kappa shape index (κ3) is 4.79. The molecule has 7 nitrogen and oxygen atoms in total. The number of thiocarbonyl (C=S) groups is 1. The van der Waals surface area contributed by atoms with Crippen LogP contribution < -0.4 is 0 Å². The van der Waals surface area contributed by atoms with Gasteiger partial charge in [-0.15, -0.1) is 0 Å². The van der Waals surface area contributed by atoms with Gasteiger partial charge >= 0.3 is 5.88 Å². The lowest BCUT2D eigenvalue weighted by molar-refractivity contribution is -0.402. The summed E-state index contributed by atoms with van der Waals surface area (Å²) in [5, 5.41) is 15.7. The Labute approximate surface area is 171 Å². The number of nitro groups is 1. The van der Waals surface area contributed by atoms with Gasteiger partial charge in [0.25, 0.3) is 5.91 Å². The third-order valence-corrected chi connectivity index (χ3v) is 5.07. The minimum atomic E-state index is -0.622. The zero-order valence-corrected chi connectivity index (χ0v) is 16.7. The van der Waals surface area contributed by atoms with Gasteiger partial charge in [-0.05, 0) is 54.2 Å². The van der Waals surface area contributed by atoms with E-state index in [1.54, 1.807) is 6.08 Å². The second-order valence-electron chi connectivity index (χ2n) is 5.10. The largest absolute Gasteiger partial charge is 0.433 e. The van der Waals surface area contributed by atoms with Crippen LogP contribution >= 0.6 is 39.9 Å². The third-order valence-electron chi connectivity index (χ3n) is 3.26. The molecule has 2 aromatic rings. The summed E-state index contributed by atoms with van der Waals surface area (Å²) in [6, 6.07) is 10.2. The van der Waals surface area contributed by atoms with E-state index in [1.165, 1.54) is 42.3 Å². The predicted octanol–water partition coefficient (Wildman–Crippen LogP) is 4.85. The Balaban J connectivity index is 1.67. The molecule has 1 fully saturated rings. The van der Waals surface area contributed by atoms with Crippen LogP contribution in [0.25, 0.3) is 12.2 Å². The molecule has 0 N–H and O–H groups in total. The highest BCUT2D eigenvalue weighted by molar-refractivity contribution is 9.10. The van der Waals surface area contributed by atoms with Crippen molar-refractivity contribution in [2.75, 3.05) is 0 Å². The van der Waals surface area contributed by atoms with Crippen LogP contribution in [0.2, 0.25) is 0 Å². The fraction of sp³-hybridized carbons (Fsp3) is 0. The van der Waals surface area contributed by atoms with E-state index < -0.39 is 4.92 Å². The van der Waals surface area contributed by atoms with Gasteiger partial charge in [-0.2, -0.15) is 10.1 Å². The lowest BCUT2D eigenvalue weighted by Crippen LogP contribution is -2.21. The number of hydrogen-bond acceptors (Lipinski definition) is 7. The number of benzene rings is 1. The number of allylic oxidation sites excluding steroid dienone is 1. The minimum absolute atomic E-state index is 0.300. The fourth-order valence-corrected chi connectivity index (χ4v) is 3.48. The van der Waals surface area contributed by atoms with Gasteiger partial charge in [0.15, 0.2) is 4.32 Å². The predicted molar refractivity (Wildman–Crippen MR) is 112 cm³/mol. The molecule has 1 amide bonds. The van der Waals surface area contributed by atoms with E-state index in [0.29, 0.717) is 15.0 Å². The van der Waals surface area contributed by atoms with E-state index >= 15 is 0 Å². The molecule has 0 spiro atoms. The van der Waals surface area contributed by atoms with Gasteiger partial charge < -0.3 is 4.42 Å². The second-order valence-corrected chi connectivity index (χ2v) is 7.69. The minimum Gasteiger partial charge on any atom is -0.401 e. The summed E-state index contributed by atoms with van der Waals surface area (Å²) in [6.45, 7) is 0. The van der Waals surface area contributed by atoms with E-state index in [0.717, 1.165) is 15.0 Å². The molecule has 10 heteroatoms. The molecule has 0 unspecified atom stereocenters. The Morgan fingerprint density at radius 1 is 1.26 bits per heavy atom. The number of rotatable bonds is 5. The maximum atomic E-state index is 12.4. The second kappa shape index (κ2) is 8.42. The molecule has 0 aliphatic carbocycles. The zero-order chi connectivity index (χ0) is 19.4. The van der Waals surface area contributed by atoms with Crippen LogP contribution in [0.4, 0.5) is 5.88 Å². The van der Waals surface area contributed by atoms with Gasteiger partial charge in [0.1, 0.15) is 10.7 Å². The van der Waals surface area contributed by atoms with E-state index in [4.69, 9.17) is 16.6 Å². The summed E-state index contributed by atoms with van der Waals surface area (Å²) in [7, 11) is 0. The summed E-state index contributed by atoms with van der Waals surface area (Å²) in [6.07, 6.45) is 6.10. The van der Waals surface area contributed by atoms with Gasteiger partial charge in [0.05, 0.1) is 11.0 Å². The highest BCUT2D eigenvalue weighted by atomic mass is 79.9. The van der Waals surface area contributed by atoms with Crippen LogP contribution in [0.3, 0.4) is 0 Å². The van der Waals surface area contributed by atoms with Gasteiger partial charge in [-0.3, -0.25) is 14.9 Å². The Hall–Kier alpha value is -2.56. The number of nitrogens with zero attached hydrogens (tertiary/aromatic N) is 3. The molecule has 0 atom stereocenters. The van der Waals surface area contributed by atoms with Crippen molar-refractivity contribution in [1.29, 1.82) is 0 Å². The summed E-state index contributed by atoms with van der Waals surface area (Å²) in [5.41, 5.74) is 0.877. The molecule has 0 bridgehead atoms. The standard InChI is InChI=1S/C17H10BrN3O4S2/c18-12-5-3-11(4-6-12)10-14-16(22)20(17(26)27-14)19-9-1-2-13-7-8-15(25-13)21(23)24/h1-10H/b2-1+,14-10+,19-9+. The van der Waals surface area contributed by atoms with Gasteiger partial charge in [0.2, 0.25) is 0 Å². The number of amides is 1. The Kier molecular flexibility index (Phi) is 5.99. The molecule has 27 heavy (non-hydrogen) atoms. The van der Waals surface area contributed by atoms with Crippen molar-refractivity contribution in [3.63, 3.8) is 0 Å². The summed E-state index contributed by atoms with van der Waals surface area (Å²) in [5.74, 6) is -0.360. The number of hydrogen-bond donors (Lipinski definition) is 0. The Bertz CT molecular complexity index is 996. The molecule has 1 aromatic carbocycles. The van der Waals surface area contributed by atoms with Crippen LogP contribution in [-0.4, -0.2) is 26.4 Å². The molecular weight excluding hydrogens is 454 g/mol. The molecule has 3 rings (SSSR count). The highest BCUT2D eigenvalue weighted by Gasteiger charge is 2.31. The van der Waals surface area contributed by atoms with Crippen LogP contribution in [-0.2, 0) is 4.79 Å². The van der Waals surface area contributed by atoms with Crippen LogP contribution in [0.15, 0.2) is 61.4 Å². The number of thioether (sulfide) groups is 1. The Morgan fingerprint density at radius 3 is 2.67 bits per heavy atom. The highest BCUT2D eigenvalue weighted by Crippen LogP contribution is 2.32. The van der Waals surface area contributed by atoms with Gasteiger partial charge in [-0.25, -0.2) is 0 Å². The first-order chi connectivity index (χ1) is 12.9. The molecular formula is C17H10BrN3O4S2. The van der Waals surface area contributed by atoms with E-state index in [9.17, 15) is 14.9 Å². The quantitative estimate of drug-likeness (QED) is 0.207. The topological polar surface area (TPSA) is 89.0 Å². The molecule has 0 radical (unpaired) electrons. The van der Waals surface area contributed by atoms with Crippen LogP contribution in [0.5, 0.6) is 0 Å². The molecule has 136 valence electrons. The van der Waals surface area contributed by atoms with Crippen molar-refractivity contribution in [2.24, 2.45) is 5.10 Å². The van der Waals surface area contributed by atoms with E-state index in [1.807, 2.05) is 24.3 Å². The molecule has 1 saturated heterocycles. The first-order valence-corrected chi connectivity index (χ1v) is 9.44. The van der Waals surface area contributed by atoms with E-state index in [2.05, 4.69) is 21.0 Å². The number of hydrazone groups is 1. The smallest absolute Gasteiger partial charge is 0.401 e. The van der Waals surface area contributed by atoms with Crippen molar-refractivity contribution >= 4 is 74.4 Å². The summed E-state index contributed by atoms with van der Waals surface area (Å²) in [4.78, 5) is 22.9. The average Bonchev–Trinajstić information content (AvgIpc) is 3.20. The number of halogens is 1. The fourth-order valence-electron chi connectivity index (χ4n) is 2.04. The summed E-state index contributed by atoms with van der Waals surface area (Å²) < 4.78 is 6.25. The molecule has 1 aliphatic heterocycles. The van der Waals surface area contributed by atoms with Crippen LogP contribution in [0, 0.1) is 10.1 Å². The van der Waals surface area contributed by atoms with Crippen molar-refractivity contribution < 1.29 is 14.1 Å². The van der Waals surface area contributed by atoms with E-state index in [-0.39, 0.29) is 11.8 Å². The number of carbonyl (C=O) groups excluding carboxylic acids is 1. The van der Waals surface area contributed by atoms with Gasteiger partial charge in [-0.1, -0.05) is 39.8 Å². The lowest BCUT2D eigenvalue weighted by Gasteiger charge is -2.04. The zero-order valence-electron chi connectivity index (χ0n) is 13.4. The molecule has 1 aromatic heterocycles.